The molecule has 4 heterocycles. The minimum atomic E-state index is -4.14. The van der Waals surface area contributed by atoms with Crippen LogP contribution < -0.4 is 4.90 Å². The summed E-state index contributed by atoms with van der Waals surface area (Å²) in [5.74, 6) is 2.09. The number of aryl methyl sites for hydroxylation is 1. The zero-order valence-corrected chi connectivity index (χ0v) is 19.4. The third-order valence-corrected chi connectivity index (χ3v) is 7.42. The highest BCUT2D eigenvalue weighted by atomic mass is 32.2. The Hall–Kier alpha value is -1.87. The SMILES string of the molecule is CCc1c(SCCC(F)(F)F)ncnc1N1C[C@H]2CCN(Cc3cncc(C)c3)C[C@H]2C1. The van der Waals surface area contributed by atoms with Gasteiger partial charge in [0.1, 0.15) is 17.2 Å². The van der Waals surface area contributed by atoms with Crippen LogP contribution in [0.1, 0.15) is 36.5 Å². The second-order valence-electron chi connectivity index (χ2n) is 8.87. The Morgan fingerprint density at radius 2 is 1.94 bits per heavy atom. The summed E-state index contributed by atoms with van der Waals surface area (Å²) in [6.07, 6.45) is 2.26. The summed E-state index contributed by atoms with van der Waals surface area (Å²) in [5.41, 5.74) is 3.41. The zero-order chi connectivity index (χ0) is 22.7. The molecule has 0 radical (unpaired) electrons. The number of halogens is 3. The standard InChI is InChI=1S/C23H30F3N5S/c1-3-20-21(28-15-29-22(20)32-7-5-23(24,25)26)31-13-18-4-6-30(12-19(18)14-31)11-17-8-16(2)9-27-10-17/h8-10,15,18-19H,3-7,11-14H2,1-2H3/t18-,19+/m1/s1. The van der Waals surface area contributed by atoms with Gasteiger partial charge in [-0.25, -0.2) is 9.97 Å². The molecule has 5 nitrogen and oxygen atoms in total. The maximum Gasteiger partial charge on any atom is 0.389 e. The highest BCUT2D eigenvalue weighted by Gasteiger charge is 2.38. The zero-order valence-electron chi connectivity index (χ0n) is 18.6. The molecule has 2 saturated heterocycles. The average molecular weight is 466 g/mol. The van der Waals surface area contributed by atoms with Crippen LogP contribution >= 0.6 is 11.8 Å². The first-order valence-electron chi connectivity index (χ1n) is 11.2. The van der Waals surface area contributed by atoms with E-state index in [2.05, 4.69) is 37.7 Å². The van der Waals surface area contributed by atoms with Gasteiger partial charge in [0.05, 0.1) is 6.42 Å². The van der Waals surface area contributed by atoms with Crippen molar-refractivity contribution in [2.24, 2.45) is 11.8 Å². The molecule has 2 aromatic heterocycles. The van der Waals surface area contributed by atoms with Crippen molar-refractivity contribution in [1.29, 1.82) is 0 Å². The fourth-order valence-corrected chi connectivity index (χ4v) is 5.94. The summed E-state index contributed by atoms with van der Waals surface area (Å²) in [4.78, 5) is 18.0. The molecule has 0 amide bonds. The number of hydrogen-bond donors (Lipinski definition) is 0. The lowest BCUT2D eigenvalue weighted by Gasteiger charge is -2.34. The molecule has 0 aromatic carbocycles. The van der Waals surface area contributed by atoms with Gasteiger partial charge in [-0.1, -0.05) is 13.0 Å². The fraction of sp³-hybridized carbons (Fsp3) is 0.609. The maximum atomic E-state index is 12.6. The summed E-state index contributed by atoms with van der Waals surface area (Å²) in [7, 11) is 0. The summed E-state index contributed by atoms with van der Waals surface area (Å²) in [5, 5.41) is 0.685. The third-order valence-electron chi connectivity index (χ3n) is 6.38. The molecule has 0 unspecified atom stereocenters. The molecule has 9 heteroatoms. The van der Waals surface area contributed by atoms with Crippen molar-refractivity contribution in [3.8, 4) is 0 Å². The summed E-state index contributed by atoms with van der Waals surface area (Å²) >= 11 is 1.19. The highest BCUT2D eigenvalue weighted by molar-refractivity contribution is 7.99. The molecular formula is C23H30F3N5S. The Morgan fingerprint density at radius 1 is 1.12 bits per heavy atom. The first-order chi connectivity index (χ1) is 15.3. The number of likely N-dealkylation sites (tertiary alicyclic amines) is 1. The first-order valence-corrected chi connectivity index (χ1v) is 12.2. The van der Waals surface area contributed by atoms with Crippen LogP contribution in [0.15, 0.2) is 29.8 Å². The van der Waals surface area contributed by atoms with Gasteiger partial charge in [-0.05, 0) is 49.3 Å². The van der Waals surface area contributed by atoms with Crippen LogP contribution in [0, 0.1) is 18.8 Å². The molecular weight excluding hydrogens is 435 g/mol. The Bertz CT molecular complexity index is 923. The average Bonchev–Trinajstić information content (AvgIpc) is 3.16. The molecule has 0 saturated carbocycles. The van der Waals surface area contributed by atoms with Gasteiger partial charge in [-0.3, -0.25) is 9.88 Å². The van der Waals surface area contributed by atoms with E-state index < -0.39 is 12.6 Å². The Labute approximate surface area is 191 Å². The lowest BCUT2D eigenvalue weighted by molar-refractivity contribution is -0.129. The number of anilines is 1. The van der Waals surface area contributed by atoms with Gasteiger partial charge in [-0.15, -0.1) is 11.8 Å². The second-order valence-corrected chi connectivity index (χ2v) is 9.95. The maximum absolute atomic E-state index is 12.6. The molecule has 2 fully saturated rings. The molecule has 174 valence electrons. The fourth-order valence-electron chi connectivity index (χ4n) is 4.88. The van der Waals surface area contributed by atoms with Crippen LogP contribution in [0.3, 0.4) is 0 Å². The number of alkyl halides is 3. The van der Waals surface area contributed by atoms with Crippen molar-refractivity contribution >= 4 is 17.6 Å². The highest BCUT2D eigenvalue weighted by Crippen LogP contribution is 2.37. The molecule has 0 bridgehead atoms. The predicted molar refractivity (Wildman–Crippen MR) is 121 cm³/mol. The van der Waals surface area contributed by atoms with Crippen LogP contribution in [0.2, 0.25) is 0 Å². The largest absolute Gasteiger partial charge is 0.389 e. The minimum Gasteiger partial charge on any atom is -0.356 e. The molecule has 0 aliphatic carbocycles. The predicted octanol–water partition coefficient (Wildman–Crippen LogP) is 4.75. The van der Waals surface area contributed by atoms with Crippen molar-refractivity contribution in [1.82, 2.24) is 19.9 Å². The van der Waals surface area contributed by atoms with E-state index in [1.54, 1.807) is 0 Å². The van der Waals surface area contributed by atoms with Gasteiger partial charge in [0.2, 0.25) is 0 Å². The first kappa shape index (κ1) is 23.3. The van der Waals surface area contributed by atoms with Crippen LogP contribution in [0.5, 0.6) is 0 Å². The van der Waals surface area contributed by atoms with Crippen LogP contribution in [0.4, 0.5) is 19.0 Å². The molecule has 32 heavy (non-hydrogen) atoms. The van der Waals surface area contributed by atoms with E-state index in [0.29, 0.717) is 23.3 Å². The van der Waals surface area contributed by atoms with Crippen molar-refractivity contribution in [2.45, 2.75) is 50.9 Å². The van der Waals surface area contributed by atoms with Crippen molar-refractivity contribution in [2.75, 3.05) is 36.8 Å². The van der Waals surface area contributed by atoms with E-state index in [9.17, 15) is 13.2 Å². The van der Waals surface area contributed by atoms with Gasteiger partial charge >= 0.3 is 6.18 Å². The molecule has 2 atom stereocenters. The van der Waals surface area contributed by atoms with Gasteiger partial charge in [0.15, 0.2) is 0 Å². The van der Waals surface area contributed by atoms with E-state index >= 15 is 0 Å². The summed E-state index contributed by atoms with van der Waals surface area (Å²) < 4.78 is 37.7. The van der Waals surface area contributed by atoms with Gasteiger partial charge in [0.25, 0.3) is 0 Å². The van der Waals surface area contributed by atoms with Crippen LogP contribution in [-0.2, 0) is 13.0 Å². The summed E-state index contributed by atoms with van der Waals surface area (Å²) in [6, 6.07) is 2.20. The van der Waals surface area contributed by atoms with Crippen molar-refractivity contribution in [3.05, 3.63) is 41.5 Å². The number of thioether (sulfide) groups is 1. The van der Waals surface area contributed by atoms with Crippen LogP contribution in [0.25, 0.3) is 0 Å². The topological polar surface area (TPSA) is 45.2 Å². The number of hydrogen-bond acceptors (Lipinski definition) is 6. The Morgan fingerprint density at radius 3 is 2.69 bits per heavy atom. The van der Waals surface area contributed by atoms with Crippen LogP contribution in [-0.4, -0.2) is 58.0 Å². The third kappa shape index (κ3) is 5.73. The molecule has 2 aromatic rings. The van der Waals surface area contributed by atoms with E-state index in [4.69, 9.17) is 0 Å². The lowest BCUT2D eigenvalue weighted by Crippen LogP contribution is -2.39. The lowest BCUT2D eigenvalue weighted by atomic mass is 9.88. The normalized spacial score (nSPS) is 21.7. The molecule has 0 spiro atoms. The van der Waals surface area contributed by atoms with E-state index in [1.807, 2.05) is 19.3 Å². The summed E-state index contributed by atoms with van der Waals surface area (Å²) in [6.45, 7) is 9.04. The van der Waals surface area contributed by atoms with Crippen molar-refractivity contribution in [3.63, 3.8) is 0 Å². The van der Waals surface area contributed by atoms with E-state index in [-0.39, 0.29) is 5.75 Å². The monoisotopic (exact) mass is 465 g/mol. The number of rotatable bonds is 7. The Balaban J connectivity index is 1.41. The molecule has 4 rings (SSSR count). The van der Waals surface area contributed by atoms with Crippen molar-refractivity contribution < 1.29 is 13.2 Å². The number of nitrogens with zero attached hydrogens (tertiary/aromatic N) is 5. The number of piperidine rings is 1. The molecule has 2 aliphatic heterocycles. The molecule has 2 aliphatic rings. The quantitative estimate of drug-likeness (QED) is 0.435. The Kier molecular flexibility index (Phi) is 7.24. The number of pyridine rings is 1. The van der Waals surface area contributed by atoms with Gasteiger partial charge in [0, 0.05) is 49.9 Å². The smallest absolute Gasteiger partial charge is 0.356 e. The number of fused-ring (bicyclic) bond motifs is 1. The number of aromatic nitrogens is 3. The minimum absolute atomic E-state index is 0.0129. The van der Waals surface area contributed by atoms with E-state index in [0.717, 1.165) is 50.5 Å². The van der Waals surface area contributed by atoms with Gasteiger partial charge < -0.3 is 4.90 Å². The van der Waals surface area contributed by atoms with E-state index in [1.165, 1.54) is 29.2 Å². The second kappa shape index (κ2) is 9.95. The van der Waals surface area contributed by atoms with Gasteiger partial charge in [-0.2, -0.15) is 13.2 Å². The molecule has 0 N–H and O–H groups in total.